The second kappa shape index (κ2) is 8.28. The van der Waals surface area contributed by atoms with Crippen molar-refractivity contribution in [2.75, 3.05) is 11.9 Å². The maximum absolute atomic E-state index is 14.5. The third-order valence-electron chi connectivity index (χ3n) is 4.68. The number of pyridine rings is 1. The number of halogens is 2. The number of fused-ring (bicyclic) bond motifs is 1. The van der Waals surface area contributed by atoms with E-state index < -0.39 is 24.4 Å². The van der Waals surface area contributed by atoms with Gasteiger partial charge in [0.05, 0.1) is 17.3 Å². The molecular weight excluding hydrogens is 392 g/mol. The van der Waals surface area contributed by atoms with Crippen LogP contribution in [0, 0.1) is 5.82 Å². The van der Waals surface area contributed by atoms with E-state index in [1.165, 1.54) is 18.3 Å². The summed E-state index contributed by atoms with van der Waals surface area (Å²) in [4.78, 5) is 28.7. The highest BCUT2D eigenvalue weighted by molar-refractivity contribution is 6.03. The Kier molecular flexibility index (Phi) is 5.38. The van der Waals surface area contributed by atoms with E-state index in [2.05, 4.69) is 15.6 Å². The number of nitrogens with zero attached hydrogens (tertiary/aromatic N) is 1. The fraction of sp³-hybridized carbons (Fsp3) is 0.136. The molecule has 1 aromatic heterocycles. The molecule has 0 saturated heterocycles. The van der Waals surface area contributed by atoms with Crippen LogP contribution in [0.4, 0.5) is 14.5 Å². The Bertz CT molecular complexity index is 1100. The Balaban J connectivity index is 1.70. The van der Waals surface area contributed by atoms with Crippen molar-refractivity contribution >= 4 is 17.5 Å². The summed E-state index contributed by atoms with van der Waals surface area (Å²) in [5.41, 5.74) is 1.60. The van der Waals surface area contributed by atoms with Gasteiger partial charge in [0, 0.05) is 6.20 Å². The van der Waals surface area contributed by atoms with Crippen LogP contribution in [-0.2, 0) is 11.5 Å². The zero-order valence-corrected chi connectivity index (χ0v) is 15.7. The van der Waals surface area contributed by atoms with E-state index in [1.807, 2.05) is 0 Å². The summed E-state index contributed by atoms with van der Waals surface area (Å²) in [6.07, 6.45) is 1.43. The first-order valence-corrected chi connectivity index (χ1v) is 9.18. The maximum atomic E-state index is 14.5. The number of hydrogen-bond acceptors (Lipinski definition) is 4. The number of aromatic nitrogens is 1. The van der Waals surface area contributed by atoms with Crippen molar-refractivity contribution in [3.8, 4) is 5.75 Å². The number of alkyl halides is 1. The topological polar surface area (TPSA) is 80.3 Å². The highest BCUT2D eigenvalue weighted by Crippen LogP contribution is 2.32. The first-order valence-electron chi connectivity index (χ1n) is 9.18. The fourth-order valence-electron chi connectivity index (χ4n) is 3.22. The van der Waals surface area contributed by atoms with E-state index >= 15 is 0 Å². The van der Waals surface area contributed by atoms with Gasteiger partial charge in [-0.05, 0) is 35.4 Å². The number of ether oxygens (including phenoxy) is 1. The Morgan fingerprint density at radius 2 is 1.97 bits per heavy atom. The number of amides is 2. The minimum Gasteiger partial charge on any atom is -0.481 e. The molecule has 0 fully saturated rings. The summed E-state index contributed by atoms with van der Waals surface area (Å²) >= 11 is 0. The van der Waals surface area contributed by atoms with E-state index in [9.17, 15) is 18.4 Å². The molecule has 152 valence electrons. The maximum Gasteiger partial charge on any atom is 0.262 e. The van der Waals surface area contributed by atoms with Crippen LogP contribution in [0.1, 0.15) is 33.2 Å². The molecule has 0 unspecified atom stereocenters. The molecule has 2 heterocycles. The van der Waals surface area contributed by atoms with Gasteiger partial charge < -0.3 is 15.4 Å². The first-order chi connectivity index (χ1) is 14.6. The lowest BCUT2D eigenvalue weighted by molar-refractivity contribution is -0.118. The van der Waals surface area contributed by atoms with Crippen molar-refractivity contribution in [2.45, 2.75) is 12.7 Å². The molecule has 2 N–H and O–H groups in total. The fourth-order valence-corrected chi connectivity index (χ4v) is 3.22. The smallest absolute Gasteiger partial charge is 0.262 e. The number of rotatable bonds is 5. The third kappa shape index (κ3) is 3.84. The van der Waals surface area contributed by atoms with Crippen LogP contribution in [0.2, 0.25) is 0 Å². The highest BCUT2D eigenvalue weighted by atomic mass is 19.1. The molecule has 0 aliphatic carbocycles. The third-order valence-corrected chi connectivity index (χ3v) is 4.68. The van der Waals surface area contributed by atoms with Crippen LogP contribution < -0.4 is 15.4 Å². The summed E-state index contributed by atoms with van der Waals surface area (Å²) in [6, 6.07) is 12.9. The number of anilines is 1. The molecular formula is C22H17F2N3O3. The Hall–Kier alpha value is -3.81. The van der Waals surface area contributed by atoms with Crippen LogP contribution in [0.5, 0.6) is 5.75 Å². The molecule has 0 spiro atoms. The van der Waals surface area contributed by atoms with E-state index in [-0.39, 0.29) is 29.5 Å². The van der Waals surface area contributed by atoms with E-state index in [4.69, 9.17) is 4.74 Å². The molecule has 0 bridgehead atoms. The Morgan fingerprint density at radius 3 is 2.70 bits per heavy atom. The largest absolute Gasteiger partial charge is 0.481 e. The lowest BCUT2D eigenvalue weighted by Crippen LogP contribution is -2.32. The summed E-state index contributed by atoms with van der Waals surface area (Å²) < 4.78 is 32.8. The second-order valence-corrected chi connectivity index (χ2v) is 6.67. The molecule has 0 saturated carbocycles. The van der Waals surface area contributed by atoms with Crippen LogP contribution in [-0.4, -0.2) is 23.4 Å². The van der Waals surface area contributed by atoms with Gasteiger partial charge in [0.15, 0.2) is 12.4 Å². The van der Waals surface area contributed by atoms with Crippen LogP contribution in [0.25, 0.3) is 0 Å². The van der Waals surface area contributed by atoms with Crippen molar-refractivity contribution in [2.24, 2.45) is 0 Å². The minimum absolute atomic E-state index is 0.0258. The van der Waals surface area contributed by atoms with Gasteiger partial charge >= 0.3 is 0 Å². The van der Waals surface area contributed by atoms with Gasteiger partial charge in [-0.15, -0.1) is 0 Å². The number of benzene rings is 2. The Morgan fingerprint density at radius 1 is 1.17 bits per heavy atom. The quantitative estimate of drug-likeness (QED) is 0.676. The Labute approximate surface area is 170 Å². The monoisotopic (exact) mass is 409 g/mol. The predicted molar refractivity (Wildman–Crippen MR) is 105 cm³/mol. The summed E-state index contributed by atoms with van der Waals surface area (Å²) in [7, 11) is 0. The first kappa shape index (κ1) is 19.5. The van der Waals surface area contributed by atoms with Gasteiger partial charge in [-0.1, -0.05) is 30.3 Å². The van der Waals surface area contributed by atoms with Crippen molar-refractivity contribution in [3.63, 3.8) is 0 Å². The molecule has 1 atom stereocenters. The molecule has 2 aromatic carbocycles. The van der Waals surface area contributed by atoms with E-state index in [0.717, 1.165) is 0 Å². The van der Waals surface area contributed by atoms with E-state index in [1.54, 1.807) is 42.5 Å². The lowest BCUT2D eigenvalue weighted by atomic mass is 10.0. The van der Waals surface area contributed by atoms with E-state index in [0.29, 0.717) is 16.8 Å². The number of nitrogens with one attached hydrogen (secondary N) is 2. The van der Waals surface area contributed by atoms with Crippen LogP contribution in [0.15, 0.2) is 60.8 Å². The molecule has 0 radical (unpaired) electrons. The number of carbonyl (C=O) groups excluding carboxylic acids is 2. The molecule has 3 aromatic rings. The molecule has 6 nitrogen and oxygen atoms in total. The van der Waals surface area contributed by atoms with Crippen molar-refractivity contribution < 1.29 is 23.1 Å². The average Bonchev–Trinajstić information content (AvgIpc) is 2.77. The number of hydrogen-bond donors (Lipinski definition) is 2. The SMILES string of the molecule is O=C1COc2c(cccc2C(=O)N[C@@H](c2ccc(CF)cc2)c2ncccc2F)N1. The lowest BCUT2D eigenvalue weighted by Gasteiger charge is -2.23. The molecule has 1 aliphatic heterocycles. The van der Waals surface area contributed by atoms with Gasteiger partial charge in [0.25, 0.3) is 11.8 Å². The van der Waals surface area contributed by atoms with Gasteiger partial charge in [-0.3, -0.25) is 14.6 Å². The van der Waals surface area contributed by atoms with Crippen LogP contribution >= 0.6 is 0 Å². The number of para-hydroxylation sites is 1. The highest BCUT2D eigenvalue weighted by Gasteiger charge is 2.26. The number of carbonyl (C=O) groups is 2. The molecule has 30 heavy (non-hydrogen) atoms. The summed E-state index contributed by atoms with van der Waals surface area (Å²) in [5.74, 6) is -1.20. The second-order valence-electron chi connectivity index (χ2n) is 6.67. The van der Waals surface area contributed by atoms with Gasteiger partial charge in [0.1, 0.15) is 18.2 Å². The summed E-state index contributed by atoms with van der Waals surface area (Å²) in [6.45, 7) is -0.839. The van der Waals surface area contributed by atoms with Crippen molar-refractivity contribution in [1.82, 2.24) is 10.3 Å². The summed E-state index contributed by atoms with van der Waals surface area (Å²) in [5, 5.41) is 5.42. The van der Waals surface area contributed by atoms with Gasteiger partial charge in [-0.2, -0.15) is 0 Å². The van der Waals surface area contributed by atoms with Crippen LogP contribution in [0.3, 0.4) is 0 Å². The zero-order chi connectivity index (χ0) is 21.1. The van der Waals surface area contributed by atoms with Gasteiger partial charge in [-0.25, -0.2) is 8.78 Å². The average molecular weight is 409 g/mol. The zero-order valence-electron chi connectivity index (χ0n) is 15.7. The molecule has 4 rings (SSSR count). The minimum atomic E-state index is -0.915. The standard InChI is InChI=1S/C22H17F2N3O3/c23-11-13-6-8-14(9-7-13)19(20-16(24)4-2-10-25-20)27-22(29)15-3-1-5-17-21(15)30-12-18(28)26-17/h1-10,19H,11-12H2,(H,26,28)(H,27,29)/t19-/m0/s1. The predicted octanol–water partition coefficient (Wildman–Crippen LogP) is 3.54. The van der Waals surface area contributed by atoms with Crippen molar-refractivity contribution in [3.05, 3.63) is 89.0 Å². The molecule has 8 heteroatoms. The van der Waals surface area contributed by atoms with Crippen molar-refractivity contribution in [1.29, 1.82) is 0 Å². The molecule has 1 aliphatic rings. The van der Waals surface area contributed by atoms with Gasteiger partial charge in [0.2, 0.25) is 0 Å². The normalized spacial score (nSPS) is 13.6. The molecule has 2 amide bonds.